The van der Waals surface area contributed by atoms with Gasteiger partial charge in [0.1, 0.15) is 0 Å². The molecule has 1 aliphatic heterocycles. The molecule has 1 heterocycles. The Morgan fingerprint density at radius 3 is 3.16 bits per heavy atom. The van der Waals surface area contributed by atoms with Crippen LogP contribution in [0.3, 0.4) is 0 Å². The number of hydrazone groups is 1. The summed E-state index contributed by atoms with van der Waals surface area (Å²) in [4.78, 5) is 11.2. The van der Waals surface area contributed by atoms with Crippen LogP contribution in [-0.4, -0.2) is 25.7 Å². The molecule has 0 aliphatic carbocycles. The van der Waals surface area contributed by atoms with Crippen LogP contribution in [0.25, 0.3) is 0 Å². The molecule has 1 amide bonds. The molecule has 6 nitrogen and oxygen atoms in total. The third-order valence-electron chi connectivity index (χ3n) is 2.50. The summed E-state index contributed by atoms with van der Waals surface area (Å²) < 4.78 is 15.3. The zero-order chi connectivity index (χ0) is 13.5. The van der Waals surface area contributed by atoms with Gasteiger partial charge in [0.25, 0.3) is 0 Å². The number of hydrogen-bond donors (Lipinski definition) is 1. The van der Waals surface area contributed by atoms with Crippen molar-refractivity contribution in [1.82, 2.24) is 5.43 Å². The summed E-state index contributed by atoms with van der Waals surface area (Å²) in [6.45, 7) is 2.67. The fraction of sp³-hybridized carbons (Fsp3) is 0.385. The quantitative estimate of drug-likeness (QED) is 0.503. The van der Waals surface area contributed by atoms with E-state index in [4.69, 9.17) is 14.2 Å². The maximum atomic E-state index is 11.2. The zero-order valence-corrected chi connectivity index (χ0v) is 10.7. The van der Waals surface area contributed by atoms with E-state index in [1.54, 1.807) is 12.1 Å². The lowest BCUT2D eigenvalue weighted by atomic mass is 10.2. The Morgan fingerprint density at radius 2 is 2.32 bits per heavy atom. The second-order valence-electron chi connectivity index (χ2n) is 3.97. The number of nitrogens with zero attached hydrogens (tertiary/aromatic N) is 1. The fourth-order valence-corrected chi connectivity index (χ4v) is 1.49. The highest BCUT2D eigenvalue weighted by atomic mass is 16.7. The molecule has 0 fully saturated rings. The molecule has 0 saturated carbocycles. The summed E-state index contributed by atoms with van der Waals surface area (Å²) in [6.07, 6.45) is 2.79. The van der Waals surface area contributed by atoms with Gasteiger partial charge in [-0.3, -0.25) is 0 Å². The second-order valence-corrected chi connectivity index (χ2v) is 3.97. The number of rotatable bonds is 5. The van der Waals surface area contributed by atoms with Crippen LogP contribution in [0.5, 0.6) is 11.5 Å². The van der Waals surface area contributed by atoms with Crippen molar-refractivity contribution in [3.05, 3.63) is 23.8 Å². The van der Waals surface area contributed by atoms with E-state index < -0.39 is 6.09 Å². The Labute approximate surface area is 111 Å². The Hall–Kier alpha value is -2.24. The smallest absolute Gasteiger partial charge is 0.427 e. The van der Waals surface area contributed by atoms with Gasteiger partial charge in [-0.05, 0) is 30.2 Å². The van der Waals surface area contributed by atoms with Gasteiger partial charge in [0.05, 0.1) is 12.8 Å². The van der Waals surface area contributed by atoms with Crippen molar-refractivity contribution in [1.29, 1.82) is 0 Å². The highest BCUT2D eigenvalue weighted by Crippen LogP contribution is 2.31. The third-order valence-corrected chi connectivity index (χ3v) is 2.50. The van der Waals surface area contributed by atoms with Crippen molar-refractivity contribution >= 4 is 12.3 Å². The lowest BCUT2D eigenvalue weighted by Gasteiger charge is -2.01. The van der Waals surface area contributed by atoms with Crippen LogP contribution in [0.4, 0.5) is 4.79 Å². The molecule has 0 spiro atoms. The molecule has 0 aromatic heterocycles. The topological polar surface area (TPSA) is 69.2 Å². The van der Waals surface area contributed by atoms with Crippen molar-refractivity contribution in [3.63, 3.8) is 0 Å². The molecule has 2 rings (SSSR count). The van der Waals surface area contributed by atoms with Gasteiger partial charge < -0.3 is 14.2 Å². The van der Waals surface area contributed by atoms with Crippen LogP contribution in [0.2, 0.25) is 0 Å². The van der Waals surface area contributed by atoms with Crippen LogP contribution in [-0.2, 0) is 4.74 Å². The van der Waals surface area contributed by atoms with E-state index in [0.717, 1.165) is 18.4 Å². The molecule has 0 radical (unpaired) electrons. The average molecular weight is 264 g/mol. The molecule has 1 aromatic rings. The predicted molar refractivity (Wildman–Crippen MR) is 69.6 cm³/mol. The molecule has 0 unspecified atom stereocenters. The summed E-state index contributed by atoms with van der Waals surface area (Å²) in [5.74, 6) is 1.39. The first kappa shape index (κ1) is 13.2. The number of carbonyl (C=O) groups is 1. The maximum Gasteiger partial charge on any atom is 0.427 e. The number of hydrogen-bond acceptors (Lipinski definition) is 5. The van der Waals surface area contributed by atoms with Crippen LogP contribution < -0.4 is 14.9 Å². The van der Waals surface area contributed by atoms with Crippen molar-refractivity contribution in [2.45, 2.75) is 19.8 Å². The van der Waals surface area contributed by atoms with E-state index in [9.17, 15) is 4.79 Å². The van der Waals surface area contributed by atoms with Crippen molar-refractivity contribution in [2.24, 2.45) is 5.10 Å². The van der Waals surface area contributed by atoms with Crippen LogP contribution in [0, 0.1) is 0 Å². The fourth-order valence-electron chi connectivity index (χ4n) is 1.49. The highest BCUT2D eigenvalue weighted by molar-refractivity contribution is 5.82. The van der Waals surface area contributed by atoms with Gasteiger partial charge in [0, 0.05) is 0 Å². The Morgan fingerprint density at radius 1 is 1.47 bits per heavy atom. The van der Waals surface area contributed by atoms with E-state index in [0.29, 0.717) is 18.1 Å². The minimum atomic E-state index is -0.551. The Bertz CT molecular complexity index is 474. The van der Waals surface area contributed by atoms with Gasteiger partial charge in [0.15, 0.2) is 11.5 Å². The molecule has 0 bridgehead atoms. The number of amides is 1. The first-order chi connectivity index (χ1) is 9.29. The lowest BCUT2D eigenvalue weighted by Crippen LogP contribution is -2.19. The monoisotopic (exact) mass is 264 g/mol. The van der Waals surface area contributed by atoms with E-state index >= 15 is 0 Å². The van der Waals surface area contributed by atoms with Gasteiger partial charge in [-0.2, -0.15) is 5.10 Å². The molecule has 19 heavy (non-hydrogen) atoms. The second kappa shape index (κ2) is 6.63. The molecule has 0 atom stereocenters. The zero-order valence-electron chi connectivity index (χ0n) is 10.7. The molecule has 6 heteroatoms. The summed E-state index contributed by atoms with van der Waals surface area (Å²) in [7, 11) is 0. The first-order valence-electron chi connectivity index (χ1n) is 6.15. The molecular weight excluding hydrogens is 248 g/mol. The van der Waals surface area contributed by atoms with Crippen LogP contribution >= 0.6 is 0 Å². The largest absolute Gasteiger partial charge is 0.454 e. The van der Waals surface area contributed by atoms with Crippen molar-refractivity contribution in [2.75, 3.05) is 13.4 Å². The van der Waals surface area contributed by atoms with Gasteiger partial charge in [-0.25, -0.2) is 10.2 Å². The van der Waals surface area contributed by atoms with Crippen LogP contribution in [0.15, 0.2) is 23.3 Å². The minimum Gasteiger partial charge on any atom is -0.454 e. The normalized spacial score (nSPS) is 12.7. The minimum absolute atomic E-state index is 0.234. The number of benzene rings is 1. The third kappa shape index (κ3) is 3.87. The lowest BCUT2D eigenvalue weighted by molar-refractivity contribution is 0.145. The number of nitrogens with one attached hydrogen (secondary N) is 1. The van der Waals surface area contributed by atoms with E-state index in [1.165, 1.54) is 6.21 Å². The van der Waals surface area contributed by atoms with Crippen LogP contribution in [0.1, 0.15) is 25.3 Å². The molecule has 0 saturated heterocycles. The van der Waals surface area contributed by atoms with E-state index in [2.05, 4.69) is 10.5 Å². The van der Waals surface area contributed by atoms with E-state index in [1.807, 2.05) is 13.0 Å². The number of carbonyl (C=O) groups excluding carboxylic acids is 1. The molecular formula is C13H16N2O4. The Balaban J connectivity index is 1.80. The molecule has 1 N–H and O–H groups in total. The van der Waals surface area contributed by atoms with Gasteiger partial charge in [0.2, 0.25) is 6.79 Å². The highest BCUT2D eigenvalue weighted by Gasteiger charge is 2.12. The molecule has 1 aliphatic rings. The number of unbranched alkanes of at least 4 members (excludes halogenated alkanes) is 1. The van der Waals surface area contributed by atoms with Gasteiger partial charge in [-0.15, -0.1) is 0 Å². The summed E-state index contributed by atoms with van der Waals surface area (Å²) >= 11 is 0. The van der Waals surface area contributed by atoms with Crippen molar-refractivity contribution in [3.8, 4) is 11.5 Å². The summed E-state index contributed by atoms with van der Waals surface area (Å²) in [6, 6.07) is 5.40. The summed E-state index contributed by atoms with van der Waals surface area (Å²) in [5.41, 5.74) is 3.10. The predicted octanol–water partition coefficient (Wildman–Crippen LogP) is 2.28. The van der Waals surface area contributed by atoms with E-state index in [-0.39, 0.29) is 6.79 Å². The van der Waals surface area contributed by atoms with Gasteiger partial charge >= 0.3 is 6.09 Å². The molecule has 1 aromatic carbocycles. The summed E-state index contributed by atoms with van der Waals surface area (Å²) in [5, 5.41) is 3.80. The molecule has 102 valence electrons. The van der Waals surface area contributed by atoms with Crippen molar-refractivity contribution < 1.29 is 19.0 Å². The number of ether oxygens (including phenoxy) is 3. The Kier molecular flexibility index (Phi) is 4.60. The average Bonchev–Trinajstić information content (AvgIpc) is 2.86. The SMILES string of the molecule is CCCCOC(=O)NN=Cc1ccc2c(c1)OCO2. The maximum absolute atomic E-state index is 11.2. The van der Waals surface area contributed by atoms with Gasteiger partial charge in [-0.1, -0.05) is 13.3 Å². The first-order valence-corrected chi connectivity index (χ1v) is 6.15. The number of fused-ring (bicyclic) bond motifs is 1. The standard InChI is InChI=1S/C13H16N2O4/c1-2-3-6-17-13(16)15-14-8-10-4-5-11-12(7-10)19-9-18-11/h4-5,7-8H,2-3,6,9H2,1H3,(H,15,16).